The van der Waals surface area contributed by atoms with Crippen molar-refractivity contribution in [2.24, 2.45) is 5.92 Å². The molecule has 0 unspecified atom stereocenters. The van der Waals surface area contributed by atoms with Crippen molar-refractivity contribution in [1.29, 1.82) is 0 Å². The molecule has 1 saturated heterocycles. The highest BCUT2D eigenvalue weighted by Crippen LogP contribution is 2.34. The number of aromatic nitrogens is 4. The lowest BCUT2D eigenvalue weighted by Crippen LogP contribution is -2.41. The van der Waals surface area contributed by atoms with Gasteiger partial charge in [0.15, 0.2) is 11.5 Å². The molecule has 1 amide bonds. The van der Waals surface area contributed by atoms with Crippen molar-refractivity contribution < 1.29 is 14.3 Å². The molecule has 11 heteroatoms. The quantitative estimate of drug-likeness (QED) is 0.657. The molecule has 2 aliphatic heterocycles. The zero-order valence-corrected chi connectivity index (χ0v) is 16.9. The SMILES string of the molecule is O=C(Nc1ccc2c(c1)OCO2)C1CCN(Cn2nnn(-c3cccs3)c2=O)CC1. The molecule has 1 N–H and O–H groups in total. The van der Waals surface area contributed by atoms with Gasteiger partial charge in [0.25, 0.3) is 0 Å². The van der Waals surface area contributed by atoms with Crippen LogP contribution >= 0.6 is 11.3 Å². The second-order valence-corrected chi connectivity index (χ2v) is 8.14. The van der Waals surface area contributed by atoms with E-state index in [1.54, 1.807) is 12.1 Å². The zero-order valence-electron chi connectivity index (χ0n) is 16.1. The van der Waals surface area contributed by atoms with Crippen LogP contribution in [0.5, 0.6) is 11.5 Å². The molecule has 4 heterocycles. The number of nitrogens with one attached hydrogen (secondary N) is 1. The van der Waals surface area contributed by atoms with Crippen molar-refractivity contribution in [3.8, 4) is 16.5 Å². The van der Waals surface area contributed by atoms with Gasteiger partial charge < -0.3 is 14.8 Å². The molecule has 0 bridgehead atoms. The van der Waals surface area contributed by atoms with E-state index in [0.29, 0.717) is 49.8 Å². The van der Waals surface area contributed by atoms with Gasteiger partial charge in [-0.3, -0.25) is 9.69 Å². The van der Waals surface area contributed by atoms with Crippen LogP contribution in [0, 0.1) is 5.92 Å². The number of ether oxygens (including phenoxy) is 2. The van der Waals surface area contributed by atoms with Crippen LogP contribution < -0.4 is 20.5 Å². The molecular weight excluding hydrogens is 408 g/mol. The first-order valence-electron chi connectivity index (χ1n) is 9.67. The molecule has 30 heavy (non-hydrogen) atoms. The molecule has 10 nitrogen and oxygen atoms in total. The van der Waals surface area contributed by atoms with Crippen molar-refractivity contribution in [2.75, 3.05) is 25.2 Å². The van der Waals surface area contributed by atoms with E-state index in [2.05, 4.69) is 20.6 Å². The number of likely N-dealkylation sites (tertiary alicyclic amines) is 1. The van der Waals surface area contributed by atoms with Crippen LogP contribution in [0.15, 0.2) is 40.5 Å². The van der Waals surface area contributed by atoms with Crippen molar-refractivity contribution >= 4 is 22.9 Å². The summed E-state index contributed by atoms with van der Waals surface area (Å²) in [6, 6.07) is 9.07. The third-order valence-electron chi connectivity index (χ3n) is 5.29. The van der Waals surface area contributed by atoms with Gasteiger partial charge in [0.1, 0.15) is 11.7 Å². The molecule has 5 rings (SSSR count). The summed E-state index contributed by atoms with van der Waals surface area (Å²) in [6.07, 6.45) is 1.42. The van der Waals surface area contributed by atoms with Crippen molar-refractivity contribution in [3.63, 3.8) is 0 Å². The average molecular weight is 428 g/mol. The number of thiophene rings is 1. The maximum absolute atomic E-state index is 12.6. The summed E-state index contributed by atoms with van der Waals surface area (Å²) in [7, 11) is 0. The van der Waals surface area contributed by atoms with Crippen molar-refractivity contribution in [2.45, 2.75) is 19.5 Å². The molecule has 0 atom stereocenters. The predicted octanol–water partition coefficient (Wildman–Crippen LogP) is 1.53. The van der Waals surface area contributed by atoms with Gasteiger partial charge >= 0.3 is 5.69 Å². The Labute approximate surface area is 175 Å². The van der Waals surface area contributed by atoms with Crippen LogP contribution in [0.25, 0.3) is 5.00 Å². The summed E-state index contributed by atoms with van der Waals surface area (Å²) in [6.45, 7) is 1.98. The molecule has 2 aromatic heterocycles. The number of hydrogen-bond acceptors (Lipinski definition) is 8. The Hall–Kier alpha value is -3.18. The summed E-state index contributed by atoms with van der Waals surface area (Å²) < 4.78 is 13.3. The van der Waals surface area contributed by atoms with Crippen LogP contribution in [0.3, 0.4) is 0 Å². The summed E-state index contributed by atoms with van der Waals surface area (Å²) in [5.74, 6) is 1.25. The molecule has 0 aliphatic carbocycles. The first-order valence-corrected chi connectivity index (χ1v) is 10.5. The molecule has 1 aromatic carbocycles. The van der Waals surface area contributed by atoms with E-state index in [0.717, 1.165) is 5.00 Å². The molecule has 2 aliphatic rings. The van der Waals surface area contributed by atoms with Gasteiger partial charge in [0, 0.05) is 30.8 Å². The Bertz CT molecular complexity index is 1100. The molecule has 3 aromatic rings. The number of fused-ring (bicyclic) bond motifs is 1. The van der Waals surface area contributed by atoms with Crippen LogP contribution in [-0.4, -0.2) is 50.5 Å². The maximum Gasteiger partial charge on any atom is 0.370 e. The molecule has 1 fully saturated rings. The Balaban J connectivity index is 1.16. The number of piperidine rings is 1. The van der Waals surface area contributed by atoms with E-state index in [4.69, 9.17) is 9.47 Å². The third kappa shape index (κ3) is 3.68. The average Bonchev–Trinajstić information content (AvgIpc) is 3.50. The molecule has 0 spiro atoms. The molecule has 156 valence electrons. The van der Waals surface area contributed by atoms with Gasteiger partial charge in [-0.2, -0.15) is 9.36 Å². The van der Waals surface area contributed by atoms with Gasteiger partial charge in [-0.1, -0.05) is 0 Å². The minimum atomic E-state index is -0.264. The fourth-order valence-corrected chi connectivity index (χ4v) is 4.30. The number of carbonyl (C=O) groups excluding carboxylic acids is 1. The van der Waals surface area contributed by atoms with Crippen molar-refractivity contribution in [1.82, 2.24) is 24.7 Å². The monoisotopic (exact) mass is 428 g/mol. The fourth-order valence-electron chi connectivity index (χ4n) is 3.64. The normalized spacial score (nSPS) is 16.7. The number of rotatable bonds is 5. The number of tetrazole rings is 1. The number of anilines is 1. The Morgan fingerprint density at radius 3 is 2.80 bits per heavy atom. The fraction of sp³-hybridized carbons (Fsp3) is 0.368. The van der Waals surface area contributed by atoms with E-state index in [-0.39, 0.29) is 24.3 Å². The first-order chi connectivity index (χ1) is 14.7. The third-order valence-corrected chi connectivity index (χ3v) is 6.13. The van der Waals surface area contributed by atoms with Crippen LogP contribution in [0.4, 0.5) is 5.69 Å². The zero-order chi connectivity index (χ0) is 20.5. The Kier molecular flexibility index (Phi) is 4.97. The van der Waals surface area contributed by atoms with Crippen LogP contribution in [0.2, 0.25) is 0 Å². The number of carbonyl (C=O) groups is 1. The summed E-state index contributed by atoms with van der Waals surface area (Å²) in [5, 5.41) is 13.5. The standard InChI is InChI=1S/C19H20N6O4S/c26-18(20-14-3-4-15-16(10-14)29-12-28-15)13-5-7-23(8-6-13)11-24-19(27)25(22-21-24)17-2-1-9-30-17/h1-4,9-10,13H,5-8,11-12H2,(H,20,26). The van der Waals surface area contributed by atoms with Crippen LogP contribution in [-0.2, 0) is 11.5 Å². The maximum atomic E-state index is 12.6. The summed E-state index contributed by atoms with van der Waals surface area (Å²) >= 11 is 1.43. The highest BCUT2D eigenvalue weighted by molar-refractivity contribution is 7.12. The van der Waals surface area contributed by atoms with E-state index in [1.165, 1.54) is 20.7 Å². The van der Waals surface area contributed by atoms with E-state index < -0.39 is 0 Å². The Morgan fingerprint density at radius 2 is 2.00 bits per heavy atom. The molecule has 0 saturated carbocycles. The van der Waals surface area contributed by atoms with Gasteiger partial charge in [0.05, 0.1) is 0 Å². The predicted molar refractivity (Wildman–Crippen MR) is 109 cm³/mol. The second-order valence-electron chi connectivity index (χ2n) is 7.22. The lowest BCUT2D eigenvalue weighted by molar-refractivity contribution is -0.121. The topological polar surface area (TPSA) is 104 Å². The highest BCUT2D eigenvalue weighted by atomic mass is 32.1. The largest absolute Gasteiger partial charge is 0.454 e. The van der Waals surface area contributed by atoms with Gasteiger partial charge in [-0.05, 0) is 52.9 Å². The number of hydrogen-bond donors (Lipinski definition) is 1. The number of amides is 1. The van der Waals surface area contributed by atoms with Crippen LogP contribution in [0.1, 0.15) is 12.8 Å². The lowest BCUT2D eigenvalue weighted by Gasteiger charge is -2.30. The minimum Gasteiger partial charge on any atom is -0.454 e. The van der Waals surface area contributed by atoms with E-state index in [1.807, 2.05) is 23.6 Å². The van der Waals surface area contributed by atoms with Gasteiger partial charge in [-0.25, -0.2) is 4.79 Å². The van der Waals surface area contributed by atoms with E-state index in [9.17, 15) is 9.59 Å². The second kappa shape index (κ2) is 7.92. The Morgan fingerprint density at radius 1 is 1.17 bits per heavy atom. The number of nitrogens with zero attached hydrogens (tertiary/aromatic N) is 5. The minimum absolute atomic E-state index is 0.00526. The van der Waals surface area contributed by atoms with Gasteiger partial charge in [0.2, 0.25) is 12.7 Å². The first kappa shape index (κ1) is 18.8. The lowest BCUT2D eigenvalue weighted by atomic mass is 9.96. The smallest absolute Gasteiger partial charge is 0.370 e. The summed E-state index contributed by atoms with van der Waals surface area (Å²) in [4.78, 5) is 27.2. The van der Waals surface area contributed by atoms with Crippen molar-refractivity contribution in [3.05, 3.63) is 46.2 Å². The molecule has 0 radical (unpaired) electrons. The highest BCUT2D eigenvalue weighted by Gasteiger charge is 2.26. The van der Waals surface area contributed by atoms with Gasteiger partial charge in [-0.15, -0.1) is 11.3 Å². The number of benzene rings is 1. The molecular formula is C19H20N6O4S. The van der Waals surface area contributed by atoms with E-state index >= 15 is 0 Å². The summed E-state index contributed by atoms with van der Waals surface area (Å²) in [5.41, 5.74) is 0.434.